The van der Waals surface area contributed by atoms with Crippen LogP contribution in [0.25, 0.3) is 0 Å². The van der Waals surface area contributed by atoms with Gasteiger partial charge in [-0.3, -0.25) is 4.79 Å². The second kappa shape index (κ2) is 13.3. The Morgan fingerprint density at radius 2 is 1.85 bits per heavy atom. The van der Waals surface area contributed by atoms with Crippen molar-refractivity contribution >= 4 is 5.97 Å². The Labute approximate surface area is 160 Å². The Morgan fingerprint density at radius 3 is 2.48 bits per heavy atom. The van der Waals surface area contributed by atoms with E-state index in [-0.39, 0.29) is 24.8 Å². The van der Waals surface area contributed by atoms with Crippen molar-refractivity contribution < 1.29 is 29.2 Å². The molecule has 6 heteroatoms. The summed E-state index contributed by atoms with van der Waals surface area (Å²) in [6, 6.07) is 5.66. The van der Waals surface area contributed by atoms with Gasteiger partial charge in [0.05, 0.1) is 12.2 Å². The summed E-state index contributed by atoms with van der Waals surface area (Å²) in [4.78, 5) is 10.4. The van der Waals surface area contributed by atoms with Crippen LogP contribution in [0.5, 0.6) is 5.75 Å². The molecular weight excluding hydrogens is 351 g/mol. The van der Waals surface area contributed by atoms with Crippen LogP contribution >= 0.6 is 0 Å². The van der Waals surface area contributed by atoms with Crippen molar-refractivity contribution in [1.29, 1.82) is 0 Å². The first-order valence-electron chi connectivity index (χ1n) is 9.49. The molecule has 0 aromatic heterocycles. The van der Waals surface area contributed by atoms with E-state index in [0.29, 0.717) is 18.6 Å². The van der Waals surface area contributed by atoms with Crippen molar-refractivity contribution in [3.63, 3.8) is 0 Å². The van der Waals surface area contributed by atoms with Crippen molar-refractivity contribution in [2.45, 2.75) is 64.1 Å². The first-order chi connectivity index (χ1) is 12.9. The number of aliphatic carboxylic acids is 1. The maximum absolute atomic E-state index is 12.8. The summed E-state index contributed by atoms with van der Waals surface area (Å²) in [5, 5.41) is 28.5. The number of carbonyl (C=O) groups is 1. The SMILES string of the molecule is CC(O)C(C/C=C\CCCC(=O)O)CCCC(O)COc1ccc(F)cc1. The average Bonchev–Trinajstić information content (AvgIpc) is 2.62. The van der Waals surface area contributed by atoms with E-state index in [4.69, 9.17) is 9.84 Å². The standard InChI is InChI=1S/C21H31FO5/c1-16(23)17(7-4-2-3-5-10-21(25)26)8-6-9-19(24)15-27-20-13-11-18(22)12-14-20/h2,4,11-14,16-17,19,23-24H,3,5-10,15H2,1H3,(H,25,26)/b4-2-. The van der Waals surface area contributed by atoms with Crippen LogP contribution in [-0.4, -0.2) is 40.1 Å². The molecule has 1 rings (SSSR count). The van der Waals surface area contributed by atoms with Gasteiger partial charge in [0, 0.05) is 6.42 Å². The highest BCUT2D eigenvalue weighted by atomic mass is 19.1. The lowest BCUT2D eigenvalue weighted by molar-refractivity contribution is -0.137. The van der Waals surface area contributed by atoms with Crippen LogP contribution in [0.2, 0.25) is 0 Å². The quantitative estimate of drug-likeness (QED) is 0.335. The van der Waals surface area contributed by atoms with Crippen LogP contribution in [0.15, 0.2) is 36.4 Å². The monoisotopic (exact) mass is 382 g/mol. The molecule has 0 heterocycles. The number of carboxylic acids is 1. The highest BCUT2D eigenvalue weighted by Crippen LogP contribution is 2.19. The fourth-order valence-corrected chi connectivity index (χ4v) is 2.74. The largest absolute Gasteiger partial charge is 0.491 e. The van der Waals surface area contributed by atoms with Gasteiger partial charge >= 0.3 is 5.97 Å². The van der Waals surface area contributed by atoms with Gasteiger partial charge in [-0.25, -0.2) is 4.39 Å². The lowest BCUT2D eigenvalue weighted by atomic mass is 9.92. The highest BCUT2D eigenvalue weighted by molar-refractivity contribution is 5.66. The zero-order valence-corrected chi connectivity index (χ0v) is 15.9. The van der Waals surface area contributed by atoms with Gasteiger partial charge < -0.3 is 20.1 Å². The average molecular weight is 382 g/mol. The molecule has 0 aliphatic carbocycles. The van der Waals surface area contributed by atoms with Gasteiger partial charge in [-0.15, -0.1) is 0 Å². The molecule has 0 amide bonds. The molecule has 0 bridgehead atoms. The summed E-state index contributed by atoms with van der Waals surface area (Å²) in [6.07, 6.45) is 7.24. The number of aliphatic hydroxyl groups excluding tert-OH is 2. The van der Waals surface area contributed by atoms with Crippen molar-refractivity contribution in [3.05, 3.63) is 42.2 Å². The number of unbranched alkanes of at least 4 members (excludes halogenated alkanes) is 1. The minimum atomic E-state index is -0.785. The van der Waals surface area contributed by atoms with E-state index < -0.39 is 18.2 Å². The van der Waals surface area contributed by atoms with Crippen molar-refractivity contribution in [2.75, 3.05) is 6.61 Å². The summed E-state index contributed by atoms with van der Waals surface area (Å²) in [5.74, 6) is -0.494. The van der Waals surface area contributed by atoms with Crippen LogP contribution in [-0.2, 0) is 4.79 Å². The third-order valence-electron chi connectivity index (χ3n) is 4.42. The molecule has 0 fully saturated rings. The first-order valence-corrected chi connectivity index (χ1v) is 9.49. The smallest absolute Gasteiger partial charge is 0.303 e. The predicted octanol–water partition coefficient (Wildman–Crippen LogP) is 3.93. The minimum absolute atomic E-state index is 0.103. The van der Waals surface area contributed by atoms with E-state index in [1.165, 1.54) is 24.3 Å². The fraction of sp³-hybridized carbons (Fsp3) is 0.571. The zero-order valence-electron chi connectivity index (χ0n) is 15.9. The Kier molecular flexibility index (Phi) is 11.4. The highest BCUT2D eigenvalue weighted by Gasteiger charge is 2.14. The summed E-state index contributed by atoms with van der Waals surface area (Å²) in [6.45, 7) is 1.91. The molecule has 0 aliphatic heterocycles. The molecule has 0 spiro atoms. The summed E-state index contributed by atoms with van der Waals surface area (Å²) < 4.78 is 18.2. The van der Waals surface area contributed by atoms with E-state index in [1.54, 1.807) is 6.92 Å². The number of halogens is 1. The molecule has 152 valence electrons. The van der Waals surface area contributed by atoms with Gasteiger partial charge in [0.25, 0.3) is 0 Å². The van der Waals surface area contributed by atoms with Gasteiger partial charge in [0.1, 0.15) is 18.2 Å². The van der Waals surface area contributed by atoms with Crippen LogP contribution in [0, 0.1) is 11.7 Å². The van der Waals surface area contributed by atoms with Crippen LogP contribution in [0.1, 0.15) is 51.9 Å². The first kappa shape index (κ1) is 23.1. The molecule has 0 radical (unpaired) electrons. The molecule has 1 aromatic rings. The lowest BCUT2D eigenvalue weighted by Crippen LogP contribution is -2.20. The molecule has 27 heavy (non-hydrogen) atoms. The number of aliphatic hydroxyl groups is 2. The van der Waals surface area contributed by atoms with E-state index in [2.05, 4.69) is 0 Å². The Morgan fingerprint density at radius 1 is 1.15 bits per heavy atom. The predicted molar refractivity (Wildman–Crippen MR) is 102 cm³/mol. The second-order valence-electron chi connectivity index (χ2n) is 6.84. The Bertz CT molecular complexity index is 556. The maximum Gasteiger partial charge on any atom is 0.303 e. The molecule has 5 nitrogen and oxygen atoms in total. The number of hydrogen-bond donors (Lipinski definition) is 3. The third kappa shape index (κ3) is 11.4. The van der Waals surface area contributed by atoms with Gasteiger partial charge in [-0.05, 0) is 69.2 Å². The van der Waals surface area contributed by atoms with Gasteiger partial charge in [0.2, 0.25) is 0 Å². The van der Waals surface area contributed by atoms with Crippen LogP contribution in [0.3, 0.4) is 0 Å². The van der Waals surface area contributed by atoms with E-state index in [9.17, 15) is 19.4 Å². The topological polar surface area (TPSA) is 87.0 Å². The van der Waals surface area contributed by atoms with Gasteiger partial charge in [-0.2, -0.15) is 0 Å². The fourth-order valence-electron chi connectivity index (χ4n) is 2.74. The normalized spacial score (nSPS) is 14.8. The molecule has 0 saturated carbocycles. The van der Waals surface area contributed by atoms with Crippen molar-refractivity contribution in [2.24, 2.45) is 5.92 Å². The Balaban J connectivity index is 2.21. The zero-order chi connectivity index (χ0) is 20.1. The third-order valence-corrected chi connectivity index (χ3v) is 4.42. The maximum atomic E-state index is 12.8. The molecule has 3 N–H and O–H groups in total. The number of allylic oxidation sites excluding steroid dienone is 2. The van der Waals surface area contributed by atoms with Crippen LogP contribution in [0.4, 0.5) is 4.39 Å². The molecule has 3 atom stereocenters. The number of hydrogen-bond acceptors (Lipinski definition) is 4. The lowest BCUT2D eigenvalue weighted by Gasteiger charge is -2.19. The minimum Gasteiger partial charge on any atom is -0.491 e. The molecular formula is C21H31FO5. The van der Waals surface area contributed by atoms with Crippen LogP contribution < -0.4 is 4.74 Å². The summed E-state index contributed by atoms with van der Waals surface area (Å²) in [5.41, 5.74) is 0. The molecule has 0 saturated heterocycles. The van der Waals surface area contributed by atoms with Gasteiger partial charge in [0.15, 0.2) is 0 Å². The molecule has 1 aromatic carbocycles. The van der Waals surface area contributed by atoms with E-state index >= 15 is 0 Å². The number of carboxylic acid groups (broad SMARTS) is 1. The molecule has 0 aliphatic rings. The van der Waals surface area contributed by atoms with Crippen molar-refractivity contribution in [1.82, 2.24) is 0 Å². The van der Waals surface area contributed by atoms with Crippen molar-refractivity contribution in [3.8, 4) is 5.75 Å². The van der Waals surface area contributed by atoms with E-state index in [0.717, 1.165) is 25.7 Å². The number of rotatable bonds is 14. The number of ether oxygens (including phenoxy) is 1. The summed E-state index contributed by atoms with van der Waals surface area (Å²) in [7, 11) is 0. The summed E-state index contributed by atoms with van der Waals surface area (Å²) >= 11 is 0. The van der Waals surface area contributed by atoms with Gasteiger partial charge in [-0.1, -0.05) is 18.6 Å². The van der Waals surface area contributed by atoms with E-state index in [1.807, 2.05) is 12.2 Å². The number of benzene rings is 1. The Hall–Kier alpha value is -1.92. The second-order valence-corrected chi connectivity index (χ2v) is 6.84. The molecule has 3 unspecified atom stereocenters.